The molecule has 2 N–H and O–H groups in total. The molecule has 0 aromatic heterocycles. The second kappa shape index (κ2) is 5.59. The zero-order chi connectivity index (χ0) is 14.6. The molecule has 0 radical (unpaired) electrons. The first kappa shape index (κ1) is 14.8. The van der Waals surface area contributed by atoms with E-state index in [4.69, 9.17) is 5.11 Å². The first-order valence-corrected chi connectivity index (χ1v) is 5.12. The standard InChI is InChI=1S/C11H11F3N2O3/c1-16(6-9(17)18)10(19)15-8-5-3-2-4-7(8)11(12,13)14/h2-5H,6H2,1H3,(H,15,19)(H,17,18). The van der Waals surface area contributed by atoms with Crippen molar-refractivity contribution in [2.24, 2.45) is 0 Å². The molecule has 1 aromatic carbocycles. The van der Waals surface area contributed by atoms with Crippen LogP contribution < -0.4 is 5.32 Å². The summed E-state index contributed by atoms with van der Waals surface area (Å²) in [6.45, 7) is -0.611. The van der Waals surface area contributed by atoms with E-state index in [1.54, 1.807) is 0 Å². The molecule has 1 aromatic rings. The van der Waals surface area contributed by atoms with Crippen molar-refractivity contribution < 1.29 is 27.9 Å². The Morgan fingerprint density at radius 2 is 1.89 bits per heavy atom. The average Bonchev–Trinajstić information content (AvgIpc) is 2.27. The third-order valence-electron chi connectivity index (χ3n) is 2.19. The van der Waals surface area contributed by atoms with Crippen LogP contribution in [-0.4, -0.2) is 35.6 Å². The fraction of sp³-hybridized carbons (Fsp3) is 0.273. The van der Waals surface area contributed by atoms with Gasteiger partial charge in [-0.1, -0.05) is 12.1 Å². The summed E-state index contributed by atoms with van der Waals surface area (Å²) in [5, 5.41) is 10.5. The Bertz CT molecular complexity index is 488. The number of nitrogens with zero attached hydrogens (tertiary/aromatic N) is 1. The van der Waals surface area contributed by atoms with Crippen molar-refractivity contribution in [1.82, 2.24) is 4.90 Å². The Morgan fingerprint density at radius 1 is 1.32 bits per heavy atom. The number of hydrogen-bond acceptors (Lipinski definition) is 2. The number of nitrogens with one attached hydrogen (secondary N) is 1. The number of amides is 2. The molecule has 19 heavy (non-hydrogen) atoms. The van der Waals surface area contributed by atoms with Crippen LogP contribution in [0.3, 0.4) is 0 Å². The minimum Gasteiger partial charge on any atom is -0.480 e. The maximum atomic E-state index is 12.7. The number of carboxylic acid groups (broad SMARTS) is 1. The molecule has 1 rings (SSSR count). The molecule has 104 valence electrons. The zero-order valence-electron chi connectivity index (χ0n) is 9.86. The quantitative estimate of drug-likeness (QED) is 0.889. The second-order valence-electron chi connectivity index (χ2n) is 3.72. The van der Waals surface area contributed by atoms with E-state index in [1.165, 1.54) is 19.2 Å². The lowest BCUT2D eigenvalue weighted by Gasteiger charge is -2.18. The van der Waals surface area contributed by atoms with Crippen molar-refractivity contribution >= 4 is 17.7 Å². The van der Waals surface area contributed by atoms with E-state index in [9.17, 15) is 22.8 Å². The molecule has 0 aliphatic rings. The minimum atomic E-state index is -4.60. The summed E-state index contributed by atoms with van der Waals surface area (Å²) in [7, 11) is 1.17. The molecule has 0 spiro atoms. The topological polar surface area (TPSA) is 69.6 Å². The lowest BCUT2D eigenvalue weighted by molar-refractivity contribution is -0.138. The van der Waals surface area contributed by atoms with Gasteiger partial charge in [0.2, 0.25) is 0 Å². The van der Waals surface area contributed by atoms with E-state index < -0.39 is 36.0 Å². The van der Waals surface area contributed by atoms with Crippen LogP contribution in [0.2, 0.25) is 0 Å². The van der Waals surface area contributed by atoms with E-state index in [0.717, 1.165) is 17.0 Å². The first-order chi connectivity index (χ1) is 8.71. The van der Waals surface area contributed by atoms with Gasteiger partial charge in [0.1, 0.15) is 6.54 Å². The van der Waals surface area contributed by atoms with Crippen molar-refractivity contribution in [3.63, 3.8) is 0 Å². The number of anilines is 1. The number of alkyl halides is 3. The van der Waals surface area contributed by atoms with Gasteiger partial charge in [-0.05, 0) is 12.1 Å². The zero-order valence-corrected chi connectivity index (χ0v) is 9.86. The van der Waals surface area contributed by atoms with Gasteiger partial charge in [0, 0.05) is 7.05 Å². The Balaban J connectivity index is 2.88. The van der Waals surface area contributed by atoms with Crippen LogP contribution in [0.4, 0.5) is 23.7 Å². The molecule has 0 heterocycles. The number of carboxylic acids is 1. The molecule has 0 aliphatic carbocycles. The van der Waals surface area contributed by atoms with E-state index in [1.807, 2.05) is 5.32 Å². The first-order valence-electron chi connectivity index (χ1n) is 5.12. The highest BCUT2D eigenvalue weighted by molar-refractivity contribution is 5.91. The van der Waals surface area contributed by atoms with E-state index in [2.05, 4.69) is 0 Å². The molecule has 8 heteroatoms. The third kappa shape index (κ3) is 4.16. The van der Waals surface area contributed by atoms with Crippen LogP contribution >= 0.6 is 0 Å². The van der Waals surface area contributed by atoms with Crippen molar-refractivity contribution in [2.75, 3.05) is 18.9 Å². The summed E-state index contributed by atoms with van der Waals surface area (Å²) < 4.78 is 38.0. The molecule has 0 saturated heterocycles. The van der Waals surface area contributed by atoms with Crippen molar-refractivity contribution in [3.8, 4) is 0 Å². The molecule has 2 amide bonds. The van der Waals surface area contributed by atoms with Crippen LogP contribution in [-0.2, 0) is 11.0 Å². The Labute approximate surface area is 106 Å². The van der Waals surface area contributed by atoms with Gasteiger partial charge in [-0.25, -0.2) is 4.79 Å². The second-order valence-corrected chi connectivity index (χ2v) is 3.72. The summed E-state index contributed by atoms with van der Waals surface area (Å²) in [6, 6.07) is 3.52. The third-order valence-corrected chi connectivity index (χ3v) is 2.19. The maximum Gasteiger partial charge on any atom is 0.418 e. The Kier molecular flexibility index (Phi) is 4.36. The summed E-state index contributed by atoms with van der Waals surface area (Å²) in [4.78, 5) is 22.7. The van der Waals surface area contributed by atoms with Crippen LogP contribution in [0.15, 0.2) is 24.3 Å². The number of carbonyl (C=O) groups is 2. The minimum absolute atomic E-state index is 0.419. The van der Waals surface area contributed by atoms with Crippen LogP contribution in [0.1, 0.15) is 5.56 Å². The highest BCUT2D eigenvalue weighted by atomic mass is 19.4. The van der Waals surface area contributed by atoms with Crippen molar-refractivity contribution in [2.45, 2.75) is 6.18 Å². The van der Waals surface area contributed by atoms with E-state index in [0.29, 0.717) is 0 Å². The van der Waals surface area contributed by atoms with Crippen LogP contribution in [0.5, 0.6) is 0 Å². The molecule has 0 saturated carbocycles. The average molecular weight is 276 g/mol. The molecular formula is C11H11F3N2O3. The SMILES string of the molecule is CN(CC(=O)O)C(=O)Nc1ccccc1C(F)(F)F. The van der Waals surface area contributed by atoms with Gasteiger partial charge in [-0.2, -0.15) is 13.2 Å². The number of rotatable bonds is 3. The number of carbonyl (C=O) groups excluding carboxylic acids is 1. The molecule has 0 fully saturated rings. The summed E-state index contributed by atoms with van der Waals surface area (Å²) >= 11 is 0. The van der Waals surface area contributed by atoms with Gasteiger partial charge in [0.05, 0.1) is 11.3 Å². The molecule has 0 unspecified atom stereocenters. The smallest absolute Gasteiger partial charge is 0.418 e. The highest BCUT2D eigenvalue weighted by Crippen LogP contribution is 2.34. The lowest BCUT2D eigenvalue weighted by Crippen LogP contribution is -2.35. The largest absolute Gasteiger partial charge is 0.480 e. The van der Waals surface area contributed by atoms with Gasteiger partial charge < -0.3 is 15.3 Å². The predicted octanol–water partition coefficient (Wildman–Crippen LogP) is 2.25. The van der Waals surface area contributed by atoms with E-state index in [-0.39, 0.29) is 0 Å². The van der Waals surface area contributed by atoms with Gasteiger partial charge in [0.25, 0.3) is 0 Å². The number of halogens is 3. The monoisotopic (exact) mass is 276 g/mol. The van der Waals surface area contributed by atoms with Gasteiger partial charge in [0.15, 0.2) is 0 Å². The summed E-state index contributed by atoms with van der Waals surface area (Å²) in [5.74, 6) is -1.26. The fourth-order valence-corrected chi connectivity index (χ4v) is 1.32. The predicted molar refractivity (Wildman–Crippen MR) is 60.7 cm³/mol. The molecule has 0 bridgehead atoms. The van der Waals surface area contributed by atoms with Crippen LogP contribution in [0.25, 0.3) is 0 Å². The van der Waals surface area contributed by atoms with Crippen LogP contribution in [0, 0.1) is 0 Å². The number of likely N-dealkylation sites (N-methyl/N-ethyl adjacent to an activating group) is 1. The molecule has 0 aliphatic heterocycles. The van der Waals surface area contributed by atoms with Crippen molar-refractivity contribution in [1.29, 1.82) is 0 Å². The maximum absolute atomic E-state index is 12.7. The number of hydrogen-bond donors (Lipinski definition) is 2. The van der Waals surface area contributed by atoms with Gasteiger partial charge in [-0.15, -0.1) is 0 Å². The summed E-state index contributed by atoms with van der Waals surface area (Å²) in [6.07, 6.45) is -4.60. The molecular weight excluding hydrogens is 265 g/mol. The van der Waals surface area contributed by atoms with Crippen molar-refractivity contribution in [3.05, 3.63) is 29.8 Å². The highest BCUT2D eigenvalue weighted by Gasteiger charge is 2.33. The molecule has 0 atom stereocenters. The fourth-order valence-electron chi connectivity index (χ4n) is 1.32. The number of aliphatic carboxylic acids is 1. The number of benzene rings is 1. The normalized spacial score (nSPS) is 10.9. The van der Waals surface area contributed by atoms with E-state index >= 15 is 0 Å². The Hall–Kier alpha value is -2.25. The number of urea groups is 1. The summed E-state index contributed by atoms with van der Waals surface area (Å²) in [5.41, 5.74) is -1.41. The van der Waals surface area contributed by atoms with Gasteiger partial charge in [-0.3, -0.25) is 4.79 Å². The molecule has 5 nitrogen and oxygen atoms in total. The number of para-hydroxylation sites is 1. The Morgan fingerprint density at radius 3 is 2.42 bits per heavy atom. The lowest BCUT2D eigenvalue weighted by atomic mass is 10.1. The van der Waals surface area contributed by atoms with Gasteiger partial charge >= 0.3 is 18.2 Å².